The zero-order valence-corrected chi connectivity index (χ0v) is 11.1. The van der Waals surface area contributed by atoms with E-state index in [1.807, 2.05) is 24.3 Å². The number of aromatic hydroxyl groups is 1. The molecular weight excluding hydrogens is 332 g/mol. The molecule has 2 nitrogen and oxygen atoms in total. The van der Waals surface area contributed by atoms with Gasteiger partial charge in [0.1, 0.15) is 0 Å². The molecule has 0 bridgehead atoms. The fourth-order valence-corrected chi connectivity index (χ4v) is 2.04. The van der Waals surface area contributed by atoms with Crippen molar-refractivity contribution in [2.75, 3.05) is 5.32 Å². The van der Waals surface area contributed by atoms with Crippen molar-refractivity contribution in [1.82, 2.24) is 0 Å². The maximum Gasteiger partial charge on any atom is 0.165 e. The quantitative estimate of drug-likeness (QED) is 0.832. The molecule has 0 aliphatic carbocycles. The molecule has 0 atom stereocenters. The highest BCUT2D eigenvalue weighted by Gasteiger charge is 2.02. The minimum absolute atomic E-state index is 0.317. The monoisotopic (exact) mass is 343 g/mol. The lowest BCUT2D eigenvalue weighted by Gasteiger charge is -2.08. The molecule has 17 heavy (non-hydrogen) atoms. The van der Waals surface area contributed by atoms with E-state index in [1.54, 1.807) is 6.07 Å². The molecule has 88 valence electrons. The third-order valence-corrected chi connectivity index (χ3v) is 3.31. The van der Waals surface area contributed by atoms with Crippen molar-refractivity contribution in [3.63, 3.8) is 0 Å². The van der Waals surface area contributed by atoms with E-state index in [0.717, 1.165) is 14.8 Å². The molecule has 2 aromatic rings. The number of rotatable bonds is 3. The Kier molecular flexibility index (Phi) is 3.83. The van der Waals surface area contributed by atoms with Crippen molar-refractivity contribution < 1.29 is 9.50 Å². The van der Waals surface area contributed by atoms with Gasteiger partial charge in [0.25, 0.3) is 0 Å². The highest BCUT2D eigenvalue weighted by Crippen LogP contribution is 2.20. The minimum Gasteiger partial charge on any atom is -0.505 e. The highest BCUT2D eigenvalue weighted by molar-refractivity contribution is 14.1. The van der Waals surface area contributed by atoms with Gasteiger partial charge in [-0.05, 0) is 52.4 Å². The van der Waals surface area contributed by atoms with Crippen LogP contribution < -0.4 is 5.32 Å². The van der Waals surface area contributed by atoms with Gasteiger partial charge in [-0.1, -0.05) is 18.2 Å². The Bertz CT molecular complexity index is 531. The van der Waals surface area contributed by atoms with Gasteiger partial charge in [0.05, 0.1) is 0 Å². The number of hydrogen-bond donors (Lipinski definition) is 2. The van der Waals surface area contributed by atoms with Crippen LogP contribution in [0.3, 0.4) is 0 Å². The molecule has 0 radical (unpaired) electrons. The lowest BCUT2D eigenvalue weighted by Crippen LogP contribution is -2.01. The summed E-state index contributed by atoms with van der Waals surface area (Å²) in [5.41, 5.74) is 1.81. The molecule has 0 saturated heterocycles. The molecule has 0 fully saturated rings. The van der Waals surface area contributed by atoms with Crippen LogP contribution >= 0.6 is 22.6 Å². The van der Waals surface area contributed by atoms with E-state index in [9.17, 15) is 4.39 Å². The number of halogens is 2. The van der Waals surface area contributed by atoms with Crippen LogP contribution in [0.25, 0.3) is 0 Å². The summed E-state index contributed by atoms with van der Waals surface area (Å²) < 4.78 is 14.2. The summed E-state index contributed by atoms with van der Waals surface area (Å²) in [7, 11) is 0. The molecule has 4 heteroatoms. The Morgan fingerprint density at radius 3 is 2.65 bits per heavy atom. The number of phenols is 1. The fourth-order valence-electron chi connectivity index (χ4n) is 1.46. The van der Waals surface area contributed by atoms with Gasteiger partial charge in [-0.15, -0.1) is 0 Å². The first-order valence-corrected chi connectivity index (χ1v) is 6.20. The average Bonchev–Trinajstić information content (AvgIpc) is 2.32. The SMILES string of the molecule is Oc1ccc(CNc2ccccc2I)cc1F. The van der Waals surface area contributed by atoms with E-state index in [0.29, 0.717) is 6.54 Å². The van der Waals surface area contributed by atoms with Crippen LogP contribution in [0.2, 0.25) is 0 Å². The van der Waals surface area contributed by atoms with Crippen molar-refractivity contribution in [2.45, 2.75) is 6.54 Å². The Hall–Kier alpha value is -1.30. The van der Waals surface area contributed by atoms with Crippen molar-refractivity contribution >= 4 is 28.3 Å². The second-order valence-corrected chi connectivity index (χ2v) is 4.78. The lowest BCUT2D eigenvalue weighted by atomic mass is 10.2. The summed E-state index contributed by atoms with van der Waals surface area (Å²) in [6.45, 7) is 0.525. The van der Waals surface area contributed by atoms with E-state index in [2.05, 4.69) is 27.9 Å². The van der Waals surface area contributed by atoms with Gasteiger partial charge >= 0.3 is 0 Å². The number of anilines is 1. The van der Waals surface area contributed by atoms with Crippen LogP contribution in [-0.2, 0) is 6.54 Å². The van der Waals surface area contributed by atoms with E-state index >= 15 is 0 Å². The van der Waals surface area contributed by atoms with E-state index < -0.39 is 5.82 Å². The van der Waals surface area contributed by atoms with Crippen LogP contribution in [0.5, 0.6) is 5.75 Å². The zero-order valence-electron chi connectivity index (χ0n) is 8.95. The van der Waals surface area contributed by atoms with E-state index in [4.69, 9.17) is 5.11 Å². The maximum atomic E-state index is 13.1. The second-order valence-electron chi connectivity index (χ2n) is 3.62. The molecule has 0 saturated carbocycles. The third-order valence-electron chi connectivity index (χ3n) is 2.37. The first-order valence-electron chi connectivity index (χ1n) is 5.12. The van der Waals surface area contributed by atoms with Crippen molar-refractivity contribution in [1.29, 1.82) is 0 Å². The molecule has 0 amide bonds. The first kappa shape index (κ1) is 12.2. The van der Waals surface area contributed by atoms with Gasteiger partial charge < -0.3 is 10.4 Å². The summed E-state index contributed by atoms with van der Waals surface area (Å²) in [5, 5.41) is 12.3. The number of benzene rings is 2. The van der Waals surface area contributed by atoms with Crippen LogP contribution in [0.15, 0.2) is 42.5 Å². The van der Waals surface area contributed by atoms with Gasteiger partial charge in [-0.25, -0.2) is 4.39 Å². The number of nitrogens with one attached hydrogen (secondary N) is 1. The van der Waals surface area contributed by atoms with Crippen molar-refractivity contribution in [3.8, 4) is 5.75 Å². The molecule has 2 aromatic carbocycles. The summed E-state index contributed by atoms with van der Waals surface area (Å²) in [6.07, 6.45) is 0. The predicted octanol–water partition coefficient (Wildman–Crippen LogP) is 3.75. The molecule has 0 heterocycles. The molecular formula is C13H11FINO. The molecule has 0 aliphatic rings. The maximum absolute atomic E-state index is 13.1. The molecule has 0 spiro atoms. The molecule has 2 rings (SSSR count). The normalized spacial score (nSPS) is 10.2. The van der Waals surface area contributed by atoms with Gasteiger partial charge in [0.15, 0.2) is 11.6 Å². The first-order chi connectivity index (χ1) is 8.16. The van der Waals surface area contributed by atoms with Gasteiger partial charge in [0, 0.05) is 15.8 Å². The van der Waals surface area contributed by atoms with Crippen LogP contribution in [0, 0.1) is 9.39 Å². The topological polar surface area (TPSA) is 32.3 Å². The number of phenolic OH excluding ortho intramolecular Hbond substituents is 1. The minimum atomic E-state index is -0.591. The lowest BCUT2D eigenvalue weighted by molar-refractivity contribution is 0.432. The Morgan fingerprint density at radius 1 is 1.18 bits per heavy atom. The molecule has 0 aromatic heterocycles. The Morgan fingerprint density at radius 2 is 1.94 bits per heavy atom. The largest absolute Gasteiger partial charge is 0.505 e. The van der Waals surface area contributed by atoms with Gasteiger partial charge in [-0.2, -0.15) is 0 Å². The average molecular weight is 343 g/mol. The summed E-state index contributed by atoms with van der Waals surface area (Å²) in [5.74, 6) is -0.907. The van der Waals surface area contributed by atoms with Crippen molar-refractivity contribution in [3.05, 3.63) is 57.4 Å². The van der Waals surface area contributed by atoms with E-state index in [1.165, 1.54) is 12.1 Å². The van der Waals surface area contributed by atoms with Crippen LogP contribution in [0.4, 0.5) is 10.1 Å². The predicted molar refractivity (Wildman–Crippen MR) is 74.6 cm³/mol. The molecule has 2 N–H and O–H groups in total. The standard InChI is InChI=1S/C13H11FINO/c14-10-7-9(5-6-13(10)17)8-16-12-4-2-1-3-11(12)15/h1-7,16-17H,8H2. The third kappa shape index (κ3) is 3.09. The summed E-state index contributed by atoms with van der Waals surface area (Å²) in [6, 6.07) is 12.3. The second kappa shape index (κ2) is 5.35. The van der Waals surface area contributed by atoms with Crippen molar-refractivity contribution in [2.24, 2.45) is 0 Å². The van der Waals surface area contributed by atoms with E-state index in [-0.39, 0.29) is 5.75 Å². The van der Waals surface area contributed by atoms with Crippen LogP contribution in [-0.4, -0.2) is 5.11 Å². The number of hydrogen-bond acceptors (Lipinski definition) is 2. The number of para-hydroxylation sites is 1. The Labute approximate surface area is 113 Å². The fraction of sp³-hybridized carbons (Fsp3) is 0.0769. The van der Waals surface area contributed by atoms with Gasteiger partial charge in [-0.3, -0.25) is 0 Å². The summed E-state index contributed by atoms with van der Waals surface area (Å²) >= 11 is 2.24. The summed E-state index contributed by atoms with van der Waals surface area (Å²) in [4.78, 5) is 0. The van der Waals surface area contributed by atoms with Gasteiger partial charge in [0.2, 0.25) is 0 Å². The highest BCUT2D eigenvalue weighted by atomic mass is 127. The molecule has 0 unspecified atom stereocenters. The van der Waals surface area contributed by atoms with Crippen LogP contribution in [0.1, 0.15) is 5.56 Å². The zero-order chi connectivity index (χ0) is 12.3. The molecule has 0 aliphatic heterocycles. The smallest absolute Gasteiger partial charge is 0.165 e. The Balaban J connectivity index is 2.08.